The molecule has 1 unspecified atom stereocenters. The zero-order valence-corrected chi connectivity index (χ0v) is 18.4. The van der Waals surface area contributed by atoms with Crippen molar-refractivity contribution >= 4 is 15.5 Å². The Balaban J connectivity index is 1.35. The molecular formula is C24H28F2N2O2S. The molecule has 31 heavy (non-hydrogen) atoms. The zero-order valence-electron chi connectivity index (χ0n) is 17.6. The van der Waals surface area contributed by atoms with E-state index in [9.17, 15) is 17.2 Å². The van der Waals surface area contributed by atoms with Gasteiger partial charge in [0.15, 0.2) is 9.84 Å². The van der Waals surface area contributed by atoms with E-state index in [-0.39, 0.29) is 6.04 Å². The van der Waals surface area contributed by atoms with Gasteiger partial charge in [-0.1, -0.05) is 36.4 Å². The molecule has 0 N–H and O–H groups in total. The Morgan fingerprint density at radius 3 is 2.39 bits per heavy atom. The van der Waals surface area contributed by atoms with E-state index in [4.69, 9.17) is 0 Å². The van der Waals surface area contributed by atoms with Crippen molar-refractivity contribution in [1.82, 2.24) is 4.90 Å². The lowest BCUT2D eigenvalue weighted by molar-refractivity contribution is 0.0546. The molecule has 2 saturated carbocycles. The van der Waals surface area contributed by atoms with Gasteiger partial charge in [0.05, 0.1) is 10.9 Å². The Bertz CT molecular complexity index is 1050. The van der Waals surface area contributed by atoms with Crippen LogP contribution in [-0.4, -0.2) is 51.7 Å². The molecule has 2 aromatic carbocycles. The number of hydrogen-bond donors (Lipinski definition) is 0. The van der Waals surface area contributed by atoms with Gasteiger partial charge in [-0.25, -0.2) is 17.2 Å². The molecule has 0 bridgehead atoms. The lowest BCUT2D eigenvalue weighted by atomic mass is 9.97. The van der Waals surface area contributed by atoms with Crippen LogP contribution in [0.25, 0.3) is 0 Å². The van der Waals surface area contributed by atoms with Gasteiger partial charge in [0, 0.05) is 50.0 Å². The van der Waals surface area contributed by atoms with Gasteiger partial charge >= 0.3 is 0 Å². The number of hydrogen-bond acceptors (Lipinski definition) is 4. The van der Waals surface area contributed by atoms with E-state index in [2.05, 4.69) is 21.9 Å². The van der Waals surface area contributed by atoms with Crippen LogP contribution in [0.1, 0.15) is 24.4 Å². The highest BCUT2D eigenvalue weighted by Gasteiger charge is 2.71. The van der Waals surface area contributed by atoms with Crippen LogP contribution < -0.4 is 4.90 Å². The number of anilines is 1. The zero-order chi connectivity index (χ0) is 21.8. The molecule has 166 valence electrons. The monoisotopic (exact) mass is 446 g/mol. The van der Waals surface area contributed by atoms with Crippen LogP contribution in [0, 0.1) is 17.8 Å². The molecule has 1 heterocycles. The summed E-state index contributed by atoms with van der Waals surface area (Å²) >= 11 is 0. The third kappa shape index (κ3) is 3.98. The molecule has 2 aliphatic carbocycles. The highest BCUT2D eigenvalue weighted by molar-refractivity contribution is 7.90. The van der Waals surface area contributed by atoms with Crippen molar-refractivity contribution in [3.05, 3.63) is 60.2 Å². The summed E-state index contributed by atoms with van der Waals surface area (Å²) in [5.41, 5.74) is 2.12. The highest BCUT2D eigenvalue weighted by atomic mass is 32.2. The number of halogens is 2. The molecule has 2 aromatic rings. The number of rotatable bonds is 5. The van der Waals surface area contributed by atoms with Crippen LogP contribution >= 0.6 is 0 Å². The fourth-order valence-corrected chi connectivity index (χ4v) is 6.23. The molecule has 7 heteroatoms. The molecule has 3 fully saturated rings. The van der Waals surface area contributed by atoms with Gasteiger partial charge in [-0.05, 0) is 42.5 Å². The van der Waals surface area contributed by atoms with Gasteiger partial charge < -0.3 is 4.90 Å². The average Bonchev–Trinajstić information content (AvgIpc) is 3.06. The molecule has 0 amide bonds. The molecule has 0 spiro atoms. The number of sulfone groups is 1. The SMILES string of the molecule is CS(=O)(=O)c1cccc(N2CCN(CC3C[C@@H]4[C@H](C3)C4(F)F)[C@@H](c3ccccc3)C2)c1. The minimum Gasteiger partial charge on any atom is -0.368 e. The first-order chi connectivity index (χ1) is 14.7. The Kier molecular flexibility index (Phi) is 5.09. The second-order valence-corrected chi connectivity index (χ2v) is 11.4. The average molecular weight is 447 g/mol. The lowest BCUT2D eigenvalue weighted by Crippen LogP contribution is -2.49. The Hall–Kier alpha value is -1.99. The first-order valence-corrected chi connectivity index (χ1v) is 12.8. The van der Waals surface area contributed by atoms with E-state index < -0.39 is 27.6 Å². The minimum absolute atomic E-state index is 0.147. The summed E-state index contributed by atoms with van der Waals surface area (Å²) < 4.78 is 51.2. The fraction of sp³-hybridized carbons (Fsp3) is 0.500. The largest absolute Gasteiger partial charge is 0.368 e. The number of nitrogens with zero attached hydrogens (tertiary/aromatic N) is 2. The van der Waals surface area contributed by atoms with Gasteiger partial charge in [-0.3, -0.25) is 4.90 Å². The lowest BCUT2D eigenvalue weighted by Gasteiger charge is -2.44. The van der Waals surface area contributed by atoms with Crippen molar-refractivity contribution in [3.63, 3.8) is 0 Å². The highest BCUT2D eigenvalue weighted by Crippen LogP contribution is 2.65. The van der Waals surface area contributed by atoms with Crippen molar-refractivity contribution in [1.29, 1.82) is 0 Å². The molecule has 5 rings (SSSR count). The van der Waals surface area contributed by atoms with Crippen molar-refractivity contribution in [2.45, 2.75) is 29.7 Å². The van der Waals surface area contributed by atoms with Crippen LogP contribution in [-0.2, 0) is 9.84 Å². The van der Waals surface area contributed by atoms with Gasteiger partial charge in [0.1, 0.15) is 0 Å². The summed E-state index contributed by atoms with van der Waals surface area (Å²) in [5, 5.41) is 0. The van der Waals surface area contributed by atoms with Crippen LogP contribution in [0.4, 0.5) is 14.5 Å². The maximum Gasteiger partial charge on any atom is 0.254 e. The maximum atomic E-state index is 13.6. The van der Waals surface area contributed by atoms with Crippen LogP contribution in [0.2, 0.25) is 0 Å². The van der Waals surface area contributed by atoms with Gasteiger partial charge in [-0.15, -0.1) is 0 Å². The molecule has 1 aliphatic heterocycles. The second kappa shape index (κ2) is 7.55. The van der Waals surface area contributed by atoms with E-state index in [0.29, 0.717) is 23.7 Å². The molecule has 0 radical (unpaired) electrons. The van der Waals surface area contributed by atoms with E-state index in [1.54, 1.807) is 18.2 Å². The van der Waals surface area contributed by atoms with Crippen LogP contribution in [0.15, 0.2) is 59.5 Å². The topological polar surface area (TPSA) is 40.6 Å². The van der Waals surface area contributed by atoms with Gasteiger partial charge in [-0.2, -0.15) is 0 Å². The summed E-state index contributed by atoms with van der Waals surface area (Å²) in [6, 6.07) is 17.6. The second-order valence-electron chi connectivity index (χ2n) is 9.36. The van der Waals surface area contributed by atoms with E-state index >= 15 is 0 Å². The van der Waals surface area contributed by atoms with Crippen LogP contribution in [0.3, 0.4) is 0 Å². The predicted octanol–water partition coefficient (Wildman–Crippen LogP) is 4.24. The Morgan fingerprint density at radius 1 is 1.00 bits per heavy atom. The molecule has 3 aliphatic rings. The molecular weight excluding hydrogens is 418 g/mol. The van der Waals surface area contributed by atoms with E-state index in [1.807, 2.05) is 24.3 Å². The quantitative estimate of drug-likeness (QED) is 0.689. The van der Waals surface area contributed by atoms with Crippen LogP contribution in [0.5, 0.6) is 0 Å². The third-order valence-corrected chi connectivity index (χ3v) is 8.43. The van der Waals surface area contributed by atoms with Gasteiger partial charge in [0.2, 0.25) is 0 Å². The molecule has 4 atom stereocenters. The van der Waals surface area contributed by atoms with Crippen molar-refractivity contribution < 1.29 is 17.2 Å². The number of piperazine rings is 1. The summed E-state index contributed by atoms with van der Waals surface area (Å²) in [5.74, 6) is -2.88. The standard InChI is InChI=1S/C24H28F2N2O2S/c1-31(29,30)20-9-5-8-19(14-20)27-10-11-28(23(16-27)18-6-3-2-4-7-18)15-17-12-21-22(13-17)24(21,25)26/h2-9,14,17,21-23H,10-13,15-16H2,1H3/t17?,21-,22+,23-/m1/s1. The van der Waals surface area contributed by atoms with E-state index in [1.165, 1.54) is 11.8 Å². The number of alkyl halides is 2. The number of fused-ring (bicyclic) bond motifs is 1. The Labute approximate surface area is 182 Å². The Morgan fingerprint density at radius 2 is 1.71 bits per heavy atom. The summed E-state index contributed by atoms with van der Waals surface area (Å²) in [7, 11) is -3.27. The molecule has 4 nitrogen and oxygen atoms in total. The minimum atomic E-state index is -3.27. The maximum absolute atomic E-state index is 13.6. The first-order valence-electron chi connectivity index (χ1n) is 11.0. The predicted molar refractivity (Wildman–Crippen MR) is 117 cm³/mol. The van der Waals surface area contributed by atoms with E-state index in [0.717, 1.165) is 31.9 Å². The number of benzene rings is 2. The van der Waals surface area contributed by atoms with Crippen molar-refractivity contribution in [3.8, 4) is 0 Å². The van der Waals surface area contributed by atoms with Gasteiger partial charge in [0.25, 0.3) is 5.92 Å². The normalized spacial score (nSPS) is 30.2. The fourth-order valence-electron chi connectivity index (χ4n) is 5.57. The summed E-state index contributed by atoms with van der Waals surface area (Å²) in [4.78, 5) is 5.01. The summed E-state index contributed by atoms with van der Waals surface area (Å²) in [6.07, 6.45) is 2.50. The molecule has 0 aromatic heterocycles. The first kappa shape index (κ1) is 20.9. The molecule has 1 saturated heterocycles. The summed E-state index contributed by atoms with van der Waals surface area (Å²) in [6.45, 7) is 3.20. The van der Waals surface area contributed by atoms with Crippen molar-refractivity contribution in [2.75, 3.05) is 37.3 Å². The smallest absolute Gasteiger partial charge is 0.254 e. The third-order valence-electron chi connectivity index (χ3n) is 7.32. The van der Waals surface area contributed by atoms with Crippen molar-refractivity contribution in [2.24, 2.45) is 17.8 Å².